The van der Waals surface area contributed by atoms with Gasteiger partial charge in [0.15, 0.2) is 0 Å². The van der Waals surface area contributed by atoms with Gasteiger partial charge in [-0.2, -0.15) is 4.31 Å². The molecule has 0 aliphatic carbocycles. The number of benzene rings is 1. The van der Waals surface area contributed by atoms with E-state index in [2.05, 4.69) is 21.2 Å². The molecule has 0 saturated carbocycles. The lowest BCUT2D eigenvalue weighted by atomic mass is 10.2. The summed E-state index contributed by atoms with van der Waals surface area (Å²) < 4.78 is 39.9. The number of hydrogen-bond acceptors (Lipinski definition) is 3. The van der Waals surface area contributed by atoms with Gasteiger partial charge in [-0.05, 0) is 54.0 Å². The van der Waals surface area contributed by atoms with E-state index < -0.39 is 15.8 Å². The van der Waals surface area contributed by atoms with Crippen LogP contribution in [-0.2, 0) is 10.0 Å². The van der Waals surface area contributed by atoms with Crippen LogP contribution in [0, 0.1) is 5.82 Å². The van der Waals surface area contributed by atoms with Gasteiger partial charge in [-0.25, -0.2) is 12.8 Å². The van der Waals surface area contributed by atoms with Crippen molar-refractivity contribution in [3.63, 3.8) is 0 Å². The van der Waals surface area contributed by atoms with Crippen LogP contribution >= 0.6 is 15.9 Å². The molecule has 1 aromatic carbocycles. The first-order valence-electron chi connectivity index (χ1n) is 6.08. The standard InChI is InChI=1S/C12H16BrFN2O2S/c1-15-8-9-3-2-6-16(9)19(17,18)10-4-5-12(14)11(13)7-10/h4-5,7,9,15H,2-3,6,8H2,1H3/t9-/m1/s1. The zero-order valence-electron chi connectivity index (χ0n) is 10.6. The van der Waals surface area contributed by atoms with E-state index >= 15 is 0 Å². The summed E-state index contributed by atoms with van der Waals surface area (Å²) in [6.07, 6.45) is 1.70. The van der Waals surface area contributed by atoms with Gasteiger partial charge in [0, 0.05) is 19.1 Å². The van der Waals surface area contributed by atoms with Gasteiger partial charge in [-0.1, -0.05) is 0 Å². The van der Waals surface area contributed by atoms with Crippen LogP contribution in [0.4, 0.5) is 4.39 Å². The average molecular weight is 351 g/mol. The van der Waals surface area contributed by atoms with Gasteiger partial charge in [0.1, 0.15) is 5.82 Å². The zero-order chi connectivity index (χ0) is 14.0. The van der Waals surface area contributed by atoms with E-state index in [1.807, 2.05) is 0 Å². The minimum atomic E-state index is -3.55. The summed E-state index contributed by atoms with van der Waals surface area (Å²) in [6.45, 7) is 1.14. The van der Waals surface area contributed by atoms with Crippen LogP contribution in [-0.4, -0.2) is 38.9 Å². The van der Waals surface area contributed by atoms with Crippen molar-refractivity contribution in [1.82, 2.24) is 9.62 Å². The van der Waals surface area contributed by atoms with Crippen LogP contribution in [0.1, 0.15) is 12.8 Å². The molecular weight excluding hydrogens is 335 g/mol. The number of rotatable bonds is 4. The number of hydrogen-bond donors (Lipinski definition) is 1. The molecule has 0 amide bonds. The van der Waals surface area contributed by atoms with Crippen molar-refractivity contribution in [2.45, 2.75) is 23.8 Å². The second-order valence-corrected chi connectivity index (χ2v) is 7.29. The predicted octanol–water partition coefficient (Wildman–Crippen LogP) is 1.96. The summed E-state index contributed by atoms with van der Waals surface area (Å²) in [5.74, 6) is -0.466. The molecule has 1 saturated heterocycles. The van der Waals surface area contributed by atoms with Gasteiger partial charge in [-0.15, -0.1) is 0 Å². The molecule has 7 heteroatoms. The quantitative estimate of drug-likeness (QED) is 0.902. The lowest BCUT2D eigenvalue weighted by Gasteiger charge is -2.24. The Hall–Kier alpha value is -0.500. The Morgan fingerprint density at radius 2 is 2.26 bits per heavy atom. The molecular formula is C12H16BrFN2O2S. The van der Waals surface area contributed by atoms with Gasteiger partial charge in [0.2, 0.25) is 10.0 Å². The molecule has 1 aliphatic rings. The van der Waals surface area contributed by atoms with Crippen LogP contribution in [0.3, 0.4) is 0 Å². The second kappa shape index (κ2) is 5.87. The third kappa shape index (κ3) is 2.99. The Kier molecular flexibility index (Phi) is 4.60. The van der Waals surface area contributed by atoms with Crippen molar-refractivity contribution in [3.8, 4) is 0 Å². The molecule has 1 N–H and O–H groups in total. The van der Waals surface area contributed by atoms with E-state index in [0.29, 0.717) is 13.1 Å². The van der Waals surface area contributed by atoms with E-state index in [9.17, 15) is 12.8 Å². The molecule has 2 rings (SSSR count). The fourth-order valence-corrected chi connectivity index (χ4v) is 4.59. The molecule has 0 unspecified atom stereocenters. The molecule has 4 nitrogen and oxygen atoms in total. The number of halogens is 2. The summed E-state index contributed by atoms with van der Waals surface area (Å²) in [6, 6.07) is 3.77. The van der Waals surface area contributed by atoms with Gasteiger partial charge in [0.05, 0.1) is 9.37 Å². The van der Waals surface area contributed by atoms with Crippen molar-refractivity contribution < 1.29 is 12.8 Å². The average Bonchev–Trinajstić information content (AvgIpc) is 2.82. The van der Waals surface area contributed by atoms with E-state index in [0.717, 1.165) is 12.8 Å². The molecule has 1 aromatic rings. The van der Waals surface area contributed by atoms with E-state index in [1.54, 1.807) is 7.05 Å². The number of sulfonamides is 1. The smallest absolute Gasteiger partial charge is 0.243 e. The Morgan fingerprint density at radius 1 is 1.53 bits per heavy atom. The van der Waals surface area contributed by atoms with Crippen LogP contribution in [0.25, 0.3) is 0 Å². The highest BCUT2D eigenvalue weighted by molar-refractivity contribution is 9.10. The van der Waals surface area contributed by atoms with E-state index in [-0.39, 0.29) is 15.4 Å². The molecule has 1 fully saturated rings. The zero-order valence-corrected chi connectivity index (χ0v) is 13.0. The summed E-state index contributed by atoms with van der Waals surface area (Å²) in [5.41, 5.74) is 0. The first kappa shape index (κ1) is 14.9. The fraction of sp³-hybridized carbons (Fsp3) is 0.500. The molecule has 0 aromatic heterocycles. The summed E-state index contributed by atoms with van der Waals surface area (Å²) in [5, 5.41) is 3.01. The molecule has 0 radical (unpaired) electrons. The van der Waals surface area contributed by atoms with Crippen molar-refractivity contribution in [2.75, 3.05) is 20.1 Å². The second-order valence-electron chi connectivity index (χ2n) is 4.55. The lowest BCUT2D eigenvalue weighted by Crippen LogP contribution is -2.40. The minimum absolute atomic E-state index is 0.0289. The first-order valence-corrected chi connectivity index (χ1v) is 8.31. The van der Waals surface area contributed by atoms with Crippen LogP contribution in [0.2, 0.25) is 0 Å². The monoisotopic (exact) mass is 350 g/mol. The fourth-order valence-electron chi connectivity index (χ4n) is 2.34. The van der Waals surface area contributed by atoms with E-state index in [1.165, 1.54) is 22.5 Å². The van der Waals surface area contributed by atoms with Crippen LogP contribution in [0.5, 0.6) is 0 Å². The van der Waals surface area contributed by atoms with Crippen molar-refractivity contribution in [2.24, 2.45) is 0 Å². The first-order chi connectivity index (χ1) is 8.96. The molecule has 1 atom stereocenters. The highest BCUT2D eigenvalue weighted by Gasteiger charge is 2.34. The van der Waals surface area contributed by atoms with Gasteiger partial charge in [-0.3, -0.25) is 0 Å². The van der Waals surface area contributed by atoms with Crippen LogP contribution in [0.15, 0.2) is 27.6 Å². The van der Waals surface area contributed by atoms with Crippen molar-refractivity contribution >= 4 is 26.0 Å². The largest absolute Gasteiger partial charge is 0.318 e. The van der Waals surface area contributed by atoms with Crippen molar-refractivity contribution in [1.29, 1.82) is 0 Å². The number of nitrogens with one attached hydrogen (secondary N) is 1. The summed E-state index contributed by atoms with van der Waals surface area (Å²) in [4.78, 5) is 0.128. The summed E-state index contributed by atoms with van der Waals surface area (Å²) >= 11 is 3.02. The molecule has 19 heavy (non-hydrogen) atoms. The minimum Gasteiger partial charge on any atom is -0.318 e. The molecule has 0 bridgehead atoms. The molecule has 106 valence electrons. The molecule has 1 aliphatic heterocycles. The highest BCUT2D eigenvalue weighted by atomic mass is 79.9. The van der Waals surface area contributed by atoms with Gasteiger partial charge >= 0.3 is 0 Å². The SMILES string of the molecule is CNC[C@H]1CCCN1S(=O)(=O)c1ccc(F)c(Br)c1. The Morgan fingerprint density at radius 3 is 2.89 bits per heavy atom. The summed E-state index contributed by atoms with van der Waals surface area (Å²) in [7, 11) is -1.75. The Bertz CT molecular complexity index is 565. The Labute approximate surface area is 121 Å². The molecule has 0 spiro atoms. The third-order valence-electron chi connectivity index (χ3n) is 3.26. The van der Waals surface area contributed by atoms with E-state index in [4.69, 9.17) is 0 Å². The Balaban J connectivity index is 2.33. The number of likely N-dealkylation sites (N-methyl/N-ethyl adjacent to an activating group) is 1. The van der Waals surface area contributed by atoms with Gasteiger partial charge in [0.25, 0.3) is 0 Å². The normalized spacial score (nSPS) is 20.9. The maximum Gasteiger partial charge on any atom is 0.243 e. The van der Waals surface area contributed by atoms with Gasteiger partial charge < -0.3 is 5.32 Å². The maximum absolute atomic E-state index is 13.2. The highest BCUT2D eigenvalue weighted by Crippen LogP contribution is 2.28. The molecule has 1 heterocycles. The third-order valence-corrected chi connectivity index (χ3v) is 5.82. The van der Waals surface area contributed by atoms with Crippen molar-refractivity contribution in [3.05, 3.63) is 28.5 Å². The topological polar surface area (TPSA) is 49.4 Å². The lowest BCUT2D eigenvalue weighted by molar-refractivity contribution is 0.379. The van der Waals surface area contributed by atoms with Crippen LogP contribution < -0.4 is 5.32 Å². The predicted molar refractivity (Wildman–Crippen MR) is 74.9 cm³/mol. The number of nitrogens with zero attached hydrogens (tertiary/aromatic N) is 1. The maximum atomic E-state index is 13.2.